The first kappa shape index (κ1) is 24.1. The summed E-state index contributed by atoms with van der Waals surface area (Å²) in [4.78, 5) is 27.5. The number of rotatable bonds is 3. The summed E-state index contributed by atoms with van der Waals surface area (Å²) in [6, 6.07) is -0.212. The van der Waals surface area contributed by atoms with Crippen LogP contribution in [0.25, 0.3) is 0 Å². The fourth-order valence-electron chi connectivity index (χ4n) is 5.90. The van der Waals surface area contributed by atoms with Crippen LogP contribution >= 0.6 is 0 Å². The number of carbonyl (C=O) groups is 2. The maximum atomic E-state index is 13.9. The first-order valence-electron chi connectivity index (χ1n) is 11.3. The van der Waals surface area contributed by atoms with Crippen molar-refractivity contribution in [3.05, 3.63) is 23.3 Å². The van der Waals surface area contributed by atoms with Crippen LogP contribution in [0.2, 0.25) is 0 Å². The Labute approximate surface area is 184 Å². The van der Waals surface area contributed by atoms with Gasteiger partial charge in [0.25, 0.3) is 0 Å². The maximum Gasteiger partial charge on any atom is 0.235 e. The highest BCUT2D eigenvalue weighted by Crippen LogP contribution is 2.55. The monoisotopic (exact) mass is 435 g/mol. The summed E-state index contributed by atoms with van der Waals surface area (Å²) in [5.41, 5.74) is 0.204. The lowest BCUT2D eigenvalue weighted by Gasteiger charge is -2.46. The van der Waals surface area contributed by atoms with Gasteiger partial charge in [-0.15, -0.1) is 0 Å². The Kier molecular flexibility index (Phi) is 7.11. The van der Waals surface area contributed by atoms with Gasteiger partial charge < -0.3 is 25.4 Å². The number of aliphatic hydroxyl groups excluding tert-OH is 3. The van der Waals surface area contributed by atoms with Crippen molar-refractivity contribution in [3.8, 4) is 0 Å². The molecule has 0 bridgehead atoms. The van der Waals surface area contributed by atoms with Crippen molar-refractivity contribution in [2.45, 2.75) is 83.8 Å². The van der Waals surface area contributed by atoms with Gasteiger partial charge in [-0.3, -0.25) is 9.59 Å². The predicted molar refractivity (Wildman–Crippen MR) is 116 cm³/mol. The quantitative estimate of drug-likeness (QED) is 0.394. The molecule has 2 aliphatic carbocycles. The summed E-state index contributed by atoms with van der Waals surface area (Å²) in [6.07, 6.45) is 0.648. The smallest absolute Gasteiger partial charge is 0.235 e. The second-order valence-corrected chi connectivity index (χ2v) is 9.86. The van der Waals surface area contributed by atoms with E-state index in [-0.39, 0.29) is 30.1 Å². The zero-order chi connectivity index (χ0) is 23.1. The largest absolute Gasteiger partial charge is 0.390 e. The lowest BCUT2D eigenvalue weighted by atomic mass is 9.54. The number of ether oxygens (including phenoxy) is 1. The van der Waals surface area contributed by atoms with E-state index in [9.17, 15) is 24.9 Å². The highest BCUT2D eigenvalue weighted by Gasteiger charge is 2.66. The van der Waals surface area contributed by atoms with E-state index in [1.54, 1.807) is 12.2 Å². The lowest BCUT2D eigenvalue weighted by Crippen LogP contribution is -2.56. The van der Waals surface area contributed by atoms with Crippen LogP contribution in [0, 0.1) is 23.2 Å². The number of hydrogen-bond donors (Lipinski definition) is 4. The molecule has 0 aromatic rings. The standard InChI is InChI=1S/C24H37NO6/c1-12(2)10-16-20-13(3)14(4)21(28)15-8-6-7-9-17(26)22(29)18(31-5)11-19(27)24(15,20)23(30)25-16/h6,8,12,15-18,20-22,26,28-29H,7,9-11H2,1-5H3,(H,25,30)/b8-6+/t15-,16-,17+,18+,20-,21-,22-,24+/m0/s1. The molecule has 0 radical (unpaired) electrons. The van der Waals surface area contributed by atoms with Crippen LogP contribution in [-0.4, -0.2) is 64.6 Å². The number of aliphatic hydroxyl groups is 3. The van der Waals surface area contributed by atoms with Crippen LogP contribution in [0.4, 0.5) is 0 Å². The Hall–Kier alpha value is -1.54. The van der Waals surface area contributed by atoms with E-state index in [0.717, 1.165) is 17.6 Å². The van der Waals surface area contributed by atoms with Crippen molar-refractivity contribution in [1.82, 2.24) is 5.32 Å². The fraction of sp³-hybridized carbons (Fsp3) is 0.750. The molecule has 174 valence electrons. The van der Waals surface area contributed by atoms with Gasteiger partial charge in [0.2, 0.25) is 5.91 Å². The molecule has 3 aliphatic rings. The molecule has 0 aromatic heterocycles. The van der Waals surface area contributed by atoms with E-state index in [2.05, 4.69) is 19.2 Å². The van der Waals surface area contributed by atoms with Crippen molar-refractivity contribution in [3.63, 3.8) is 0 Å². The minimum Gasteiger partial charge on any atom is -0.390 e. The van der Waals surface area contributed by atoms with Gasteiger partial charge in [-0.2, -0.15) is 0 Å². The minimum atomic E-state index is -1.47. The van der Waals surface area contributed by atoms with Crippen LogP contribution < -0.4 is 5.32 Å². The zero-order valence-electron chi connectivity index (χ0n) is 19.2. The highest BCUT2D eigenvalue weighted by atomic mass is 16.5. The van der Waals surface area contributed by atoms with Crippen molar-refractivity contribution in [2.75, 3.05) is 7.11 Å². The Balaban J connectivity index is 2.19. The second kappa shape index (κ2) is 9.14. The first-order chi connectivity index (χ1) is 14.6. The normalized spacial score (nSPS) is 42.7. The van der Waals surface area contributed by atoms with Gasteiger partial charge in [-0.1, -0.05) is 31.6 Å². The van der Waals surface area contributed by atoms with Crippen molar-refractivity contribution < 1.29 is 29.6 Å². The van der Waals surface area contributed by atoms with E-state index >= 15 is 0 Å². The number of hydrogen-bond acceptors (Lipinski definition) is 6. The Morgan fingerprint density at radius 1 is 1.19 bits per heavy atom. The Bertz CT molecular complexity index is 774. The summed E-state index contributed by atoms with van der Waals surface area (Å²) < 4.78 is 5.39. The average Bonchev–Trinajstić information content (AvgIpc) is 2.99. The summed E-state index contributed by atoms with van der Waals surface area (Å²) >= 11 is 0. The number of methoxy groups -OCH3 is 1. The minimum absolute atomic E-state index is 0.212. The Morgan fingerprint density at radius 3 is 2.48 bits per heavy atom. The molecule has 0 saturated carbocycles. The van der Waals surface area contributed by atoms with Gasteiger partial charge >= 0.3 is 0 Å². The molecule has 8 atom stereocenters. The predicted octanol–water partition coefficient (Wildman–Crippen LogP) is 1.51. The number of nitrogens with one attached hydrogen (secondary N) is 1. The highest BCUT2D eigenvalue weighted by molar-refractivity contribution is 6.10. The average molecular weight is 436 g/mol. The molecule has 0 unspecified atom stereocenters. The van der Waals surface area contributed by atoms with E-state index < -0.39 is 35.7 Å². The summed E-state index contributed by atoms with van der Waals surface area (Å²) in [5.74, 6) is -1.50. The molecule has 1 fully saturated rings. The molecular formula is C24H37NO6. The van der Waals surface area contributed by atoms with Gasteiger partial charge in [0.05, 0.1) is 18.3 Å². The van der Waals surface area contributed by atoms with Gasteiger partial charge in [-0.25, -0.2) is 0 Å². The van der Waals surface area contributed by atoms with Gasteiger partial charge in [0, 0.05) is 31.4 Å². The lowest BCUT2D eigenvalue weighted by molar-refractivity contribution is -0.151. The molecule has 31 heavy (non-hydrogen) atoms. The number of ketones is 1. The third-order valence-electron chi connectivity index (χ3n) is 7.61. The fourth-order valence-corrected chi connectivity index (χ4v) is 5.90. The Morgan fingerprint density at radius 2 is 1.87 bits per heavy atom. The second-order valence-electron chi connectivity index (χ2n) is 9.86. The summed E-state index contributed by atoms with van der Waals surface area (Å²) in [6.45, 7) is 7.93. The molecule has 4 N–H and O–H groups in total. The number of carbonyl (C=O) groups excluding carboxylic acids is 2. The molecule has 1 aliphatic heterocycles. The van der Waals surface area contributed by atoms with E-state index in [1.807, 2.05) is 13.8 Å². The van der Waals surface area contributed by atoms with Crippen LogP contribution in [-0.2, 0) is 14.3 Å². The molecule has 1 amide bonds. The third kappa shape index (κ3) is 3.90. The maximum absolute atomic E-state index is 13.9. The zero-order valence-corrected chi connectivity index (χ0v) is 19.2. The van der Waals surface area contributed by atoms with Crippen molar-refractivity contribution >= 4 is 11.7 Å². The number of allylic oxidation sites excluding steroid dienone is 1. The van der Waals surface area contributed by atoms with E-state index in [4.69, 9.17) is 4.74 Å². The molecule has 3 rings (SSSR count). The molecule has 7 heteroatoms. The van der Waals surface area contributed by atoms with E-state index in [1.165, 1.54) is 7.11 Å². The molecule has 0 aromatic carbocycles. The van der Waals surface area contributed by atoms with E-state index in [0.29, 0.717) is 18.8 Å². The van der Waals surface area contributed by atoms with Crippen LogP contribution in [0.1, 0.15) is 53.4 Å². The summed E-state index contributed by atoms with van der Waals surface area (Å²) in [5, 5.41) is 35.2. The van der Waals surface area contributed by atoms with Crippen LogP contribution in [0.3, 0.4) is 0 Å². The topological polar surface area (TPSA) is 116 Å². The number of Topliss-reactive ketones (excluding diaryl/α,β-unsaturated/α-hetero) is 1. The first-order valence-corrected chi connectivity index (χ1v) is 11.3. The van der Waals surface area contributed by atoms with Gasteiger partial charge in [0.15, 0.2) is 5.78 Å². The van der Waals surface area contributed by atoms with Gasteiger partial charge in [0.1, 0.15) is 11.5 Å². The number of amides is 1. The van der Waals surface area contributed by atoms with Crippen molar-refractivity contribution in [2.24, 2.45) is 23.2 Å². The molecule has 1 saturated heterocycles. The molecule has 1 heterocycles. The van der Waals surface area contributed by atoms with Crippen LogP contribution in [0.5, 0.6) is 0 Å². The summed E-state index contributed by atoms with van der Waals surface area (Å²) in [7, 11) is 1.39. The third-order valence-corrected chi connectivity index (χ3v) is 7.61. The van der Waals surface area contributed by atoms with Gasteiger partial charge in [-0.05, 0) is 44.6 Å². The van der Waals surface area contributed by atoms with Crippen molar-refractivity contribution in [1.29, 1.82) is 0 Å². The SMILES string of the molecule is CO[C@@H]1CC(=O)[C@@]23C(=O)N[C@@H](CC(C)C)[C@@H]2C(C)=C(C)[C@H](O)[C@@H]3/C=C/CC[C@@H](O)[C@@H]1O. The molecular weight excluding hydrogens is 398 g/mol. The molecule has 1 spiro atoms. The molecule has 7 nitrogen and oxygen atoms in total. The van der Waals surface area contributed by atoms with Crippen LogP contribution in [0.15, 0.2) is 23.3 Å².